The molecular weight excluding hydrogens is 358 g/mol. The molecule has 0 amide bonds. The molecule has 2 fully saturated rings. The first kappa shape index (κ1) is 17.6. The number of pyridine rings is 1. The van der Waals surface area contributed by atoms with Crippen LogP contribution in [-0.4, -0.2) is 72.7 Å². The van der Waals surface area contributed by atoms with Crippen molar-refractivity contribution in [3.05, 3.63) is 41.6 Å². The van der Waals surface area contributed by atoms with E-state index >= 15 is 0 Å². The number of aliphatic hydroxyl groups excluding tert-OH is 1. The van der Waals surface area contributed by atoms with Gasteiger partial charge < -0.3 is 24.4 Å². The Labute approximate surface area is 162 Å². The zero-order valence-electron chi connectivity index (χ0n) is 15.9. The molecule has 148 valence electrons. The van der Waals surface area contributed by atoms with Crippen molar-refractivity contribution in [2.24, 2.45) is 0 Å². The molecule has 0 radical (unpaired) electrons. The summed E-state index contributed by atoms with van der Waals surface area (Å²) in [5.74, 6) is 0.672. The molecule has 4 heterocycles. The number of rotatable bonds is 5. The van der Waals surface area contributed by atoms with Gasteiger partial charge >= 0.3 is 0 Å². The van der Waals surface area contributed by atoms with E-state index in [1.807, 2.05) is 6.20 Å². The first-order valence-electron chi connectivity index (χ1n) is 9.78. The van der Waals surface area contributed by atoms with E-state index in [2.05, 4.69) is 43.8 Å². The average molecular weight is 383 g/mol. The van der Waals surface area contributed by atoms with Gasteiger partial charge in [0.15, 0.2) is 11.9 Å². The molecule has 0 aromatic carbocycles. The second-order valence-electron chi connectivity index (χ2n) is 7.90. The van der Waals surface area contributed by atoms with Crippen molar-refractivity contribution in [1.29, 1.82) is 0 Å². The monoisotopic (exact) mass is 383 g/mol. The van der Waals surface area contributed by atoms with Crippen LogP contribution < -0.4 is 4.90 Å². The van der Waals surface area contributed by atoms with E-state index in [0.29, 0.717) is 12.5 Å². The fourth-order valence-electron chi connectivity index (χ4n) is 3.82. The van der Waals surface area contributed by atoms with Crippen molar-refractivity contribution in [3.8, 4) is 0 Å². The van der Waals surface area contributed by atoms with Crippen LogP contribution in [0.15, 0.2) is 24.7 Å². The molecule has 1 aliphatic carbocycles. The third kappa shape index (κ3) is 3.36. The Hall–Kier alpha value is -2.49. The molecule has 3 aromatic rings. The Morgan fingerprint density at radius 3 is 2.57 bits per heavy atom. The van der Waals surface area contributed by atoms with Gasteiger partial charge in [-0.15, -0.1) is 5.10 Å². The van der Waals surface area contributed by atoms with Crippen LogP contribution in [0, 0.1) is 0 Å². The molecule has 9 heteroatoms. The van der Waals surface area contributed by atoms with Gasteiger partial charge in [-0.2, -0.15) is 0 Å². The number of piperazine rings is 1. The minimum absolute atomic E-state index is 0.137. The first-order chi connectivity index (χ1) is 13.6. The van der Waals surface area contributed by atoms with Gasteiger partial charge in [-0.3, -0.25) is 0 Å². The van der Waals surface area contributed by atoms with Crippen LogP contribution in [0.1, 0.15) is 42.0 Å². The Kier molecular flexibility index (Phi) is 4.30. The zero-order chi connectivity index (χ0) is 19.3. The van der Waals surface area contributed by atoms with E-state index in [9.17, 15) is 10.2 Å². The predicted octanol–water partition coefficient (Wildman–Crippen LogP) is 0.586. The van der Waals surface area contributed by atoms with Gasteiger partial charge in [0.05, 0.1) is 24.1 Å². The van der Waals surface area contributed by atoms with Crippen molar-refractivity contribution >= 4 is 11.3 Å². The standard InChI is InChI=1S/C19H25N7O2/c1-23-4-6-24(7-5-23)17-8-14(13-2-3-13)9-25-10-15(20-18(17)25)11-26-12-16(19(27)28)21-22-26/h8-10,12-13,19,27-28H,2-7,11H2,1H3. The number of aliphatic hydroxyl groups is 2. The Bertz CT molecular complexity index is 983. The number of aromatic nitrogens is 5. The van der Waals surface area contributed by atoms with Gasteiger partial charge in [-0.25, -0.2) is 9.67 Å². The Morgan fingerprint density at radius 2 is 1.89 bits per heavy atom. The van der Waals surface area contributed by atoms with Crippen molar-refractivity contribution in [2.75, 3.05) is 38.1 Å². The number of likely N-dealkylation sites (N-methyl/N-ethyl adjacent to an activating group) is 1. The summed E-state index contributed by atoms with van der Waals surface area (Å²) in [5.41, 5.74) is 4.56. The number of fused-ring (bicyclic) bond motifs is 1. The average Bonchev–Trinajstić information content (AvgIpc) is 3.28. The smallest absolute Gasteiger partial charge is 0.199 e. The lowest BCUT2D eigenvalue weighted by Gasteiger charge is -2.34. The molecule has 5 rings (SSSR count). The van der Waals surface area contributed by atoms with Gasteiger partial charge in [0, 0.05) is 38.6 Å². The number of nitrogens with zero attached hydrogens (tertiary/aromatic N) is 7. The summed E-state index contributed by atoms with van der Waals surface area (Å²) in [4.78, 5) is 9.66. The second-order valence-corrected chi connectivity index (χ2v) is 7.90. The van der Waals surface area contributed by atoms with Crippen LogP contribution in [0.2, 0.25) is 0 Å². The number of hydrogen-bond acceptors (Lipinski definition) is 7. The molecule has 1 saturated carbocycles. The molecule has 1 aliphatic heterocycles. The molecule has 2 aliphatic rings. The maximum Gasteiger partial charge on any atom is 0.199 e. The summed E-state index contributed by atoms with van der Waals surface area (Å²) in [6.07, 6.45) is 6.69. The highest BCUT2D eigenvalue weighted by Crippen LogP contribution is 2.41. The summed E-state index contributed by atoms with van der Waals surface area (Å²) in [6.45, 7) is 4.55. The largest absolute Gasteiger partial charge is 0.366 e. The van der Waals surface area contributed by atoms with Crippen molar-refractivity contribution < 1.29 is 10.2 Å². The summed E-state index contributed by atoms with van der Waals surface area (Å²) in [5, 5.41) is 26.2. The minimum Gasteiger partial charge on any atom is -0.366 e. The first-order valence-corrected chi connectivity index (χ1v) is 9.78. The van der Waals surface area contributed by atoms with Crippen LogP contribution in [0.25, 0.3) is 5.65 Å². The lowest BCUT2D eigenvalue weighted by Crippen LogP contribution is -2.44. The van der Waals surface area contributed by atoms with Gasteiger partial charge in [-0.05, 0) is 37.4 Å². The Morgan fingerprint density at radius 1 is 1.11 bits per heavy atom. The zero-order valence-corrected chi connectivity index (χ0v) is 15.9. The fourth-order valence-corrected chi connectivity index (χ4v) is 3.82. The maximum atomic E-state index is 9.22. The number of hydrogen-bond donors (Lipinski definition) is 2. The fraction of sp³-hybridized carbons (Fsp3) is 0.526. The molecule has 2 N–H and O–H groups in total. The van der Waals surface area contributed by atoms with Crippen LogP contribution in [0.4, 0.5) is 5.69 Å². The third-order valence-electron chi connectivity index (χ3n) is 5.64. The quantitative estimate of drug-likeness (QED) is 0.623. The predicted molar refractivity (Wildman–Crippen MR) is 103 cm³/mol. The van der Waals surface area contributed by atoms with Crippen molar-refractivity contribution in [1.82, 2.24) is 29.3 Å². The Balaban J connectivity index is 1.49. The van der Waals surface area contributed by atoms with Gasteiger partial charge in [0.1, 0.15) is 5.69 Å². The molecular formula is C19H25N7O2. The highest BCUT2D eigenvalue weighted by molar-refractivity contribution is 5.71. The summed E-state index contributed by atoms with van der Waals surface area (Å²) >= 11 is 0. The molecule has 0 atom stereocenters. The summed E-state index contributed by atoms with van der Waals surface area (Å²) < 4.78 is 3.71. The van der Waals surface area contributed by atoms with Gasteiger partial charge in [0.25, 0.3) is 0 Å². The lowest BCUT2D eigenvalue weighted by molar-refractivity contribution is -0.0459. The van der Waals surface area contributed by atoms with E-state index < -0.39 is 6.29 Å². The molecule has 1 saturated heterocycles. The SMILES string of the molecule is CN1CCN(c2cc(C3CC3)cn3cc(Cn4cc(C(O)O)nn4)nc23)CC1. The normalized spacial score (nSPS) is 18.5. The minimum atomic E-state index is -1.61. The van der Waals surface area contributed by atoms with E-state index in [1.54, 1.807) is 4.68 Å². The molecule has 9 nitrogen and oxygen atoms in total. The summed E-state index contributed by atoms with van der Waals surface area (Å²) in [6, 6.07) is 2.32. The van der Waals surface area contributed by atoms with Crippen molar-refractivity contribution in [3.63, 3.8) is 0 Å². The highest BCUT2D eigenvalue weighted by atomic mass is 16.5. The van der Waals surface area contributed by atoms with E-state index in [4.69, 9.17) is 4.98 Å². The number of anilines is 1. The third-order valence-corrected chi connectivity index (χ3v) is 5.64. The van der Waals surface area contributed by atoms with Gasteiger partial charge in [0.2, 0.25) is 0 Å². The van der Waals surface area contributed by atoms with E-state index in [0.717, 1.165) is 37.5 Å². The van der Waals surface area contributed by atoms with E-state index in [1.165, 1.54) is 30.3 Å². The second kappa shape index (κ2) is 6.84. The van der Waals surface area contributed by atoms with Crippen LogP contribution in [0.3, 0.4) is 0 Å². The van der Waals surface area contributed by atoms with E-state index in [-0.39, 0.29) is 5.69 Å². The van der Waals surface area contributed by atoms with Crippen LogP contribution >= 0.6 is 0 Å². The van der Waals surface area contributed by atoms with Gasteiger partial charge in [-0.1, -0.05) is 5.21 Å². The number of imidazole rings is 1. The molecule has 0 bridgehead atoms. The van der Waals surface area contributed by atoms with Crippen molar-refractivity contribution in [2.45, 2.75) is 31.6 Å². The topological polar surface area (TPSA) is 95.0 Å². The molecule has 0 unspecified atom stereocenters. The molecule has 3 aromatic heterocycles. The highest BCUT2D eigenvalue weighted by Gasteiger charge is 2.27. The maximum absolute atomic E-state index is 9.22. The summed E-state index contributed by atoms with van der Waals surface area (Å²) in [7, 11) is 2.16. The molecule has 28 heavy (non-hydrogen) atoms. The molecule has 0 spiro atoms. The van der Waals surface area contributed by atoms with Crippen LogP contribution in [0.5, 0.6) is 0 Å². The lowest BCUT2D eigenvalue weighted by atomic mass is 10.1. The van der Waals surface area contributed by atoms with Crippen LogP contribution in [-0.2, 0) is 6.54 Å².